The fraction of sp³-hybridized carbons (Fsp3) is 0.462. The number of aryl methyl sites for hydroxylation is 1. The van der Waals surface area contributed by atoms with Crippen LogP contribution in [0, 0.1) is 6.92 Å². The van der Waals surface area contributed by atoms with Gasteiger partial charge in [-0.3, -0.25) is 4.98 Å². The number of urea groups is 1. The molecule has 1 aromatic heterocycles. The smallest absolute Gasteiger partial charge is 0.332 e. The molecule has 0 radical (unpaired) electrons. The number of nitrogens with one attached hydrogen (secondary N) is 2. The molecular formula is C13H17N3O4. The van der Waals surface area contributed by atoms with Gasteiger partial charge in [-0.25, -0.2) is 9.59 Å². The summed E-state index contributed by atoms with van der Waals surface area (Å²) in [5, 5.41) is 14.1. The molecule has 1 aromatic rings. The number of amides is 2. The van der Waals surface area contributed by atoms with Gasteiger partial charge >= 0.3 is 12.0 Å². The number of nitrogens with zero attached hydrogens (tertiary/aromatic N) is 1. The molecule has 1 fully saturated rings. The van der Waals surface area contributed by atoms with Crippen molar-refractivity contribution in [2.45, 2.75) is 32.0 Å². The monoisotopic (exact) mass is 279 g/mol. The molecule has 2 atom stereocenters. The van der Waals surface area contributed by atoms with Crippen molar-refractivity contribution >= 4 is 17.7 Å². The highest BCUT2D eigenvalue weighted by atomic mass is 16.5. The fourth-order valence-corrected chi connectivity index (χ4v) is 2.01. The molecule has 1 aliphatic rings. The second kappa shape index (κ2) is 6.33. The lowest BCUT2D eigenvalue weighted by atomic mass is 10.2. The maximum Gasteiger partial charge on any atom is 0.332 e. The van der Waals surface area contributed by atoms with Crippen LogP contribution in [-0.2, 0) is 9.53 Å². The predicted molar refractivity (Wildman–Crippen MR) is 71.5 cm³/mol. The van der Waals surface area contributed by atoms with E-state index in [9.17, 15) is 9.59 Å². The maximum atomic E-state index is 11.7. The van der Waals surface area contributed by atoms with Crippen LogP contribution >= 0.6 is 0 Å². The van der Waals surface area contributed by atoms with E-state index in [1.165, 1.54) is 0 Å². The van der Waals surface area contributed by atoms with Crippen LogP contribution in [0.25, 0.3) is 0 Å². The van der Waals surface area contributed by atoms with E-state index < -0.39 is 12.1 Å². The van der Waals surface area contributed by atoms with Gasteiger partial charge < -0.3 is 20.5 Å². The van der Waals surface area contributed by atoms with E-state index in [1.807, 2.05) is 6.92 Å². The number of carbonyl (C=O) groups is 2. The van der Waals surface area contributed by atoms with Crippen molar-refractivity contribution in [3.05, 3.63) is 24.0 Å². The van der Waals surface area contributed by atoms with E-state index in [0.717, 1.165) is 5.56 Å². The molecular weight excluding hydrogens is 262 g/mol. The first-order valence-corrected chi connectivity index (χ1v) is 6.40. The average molecular weight is 279 g/mol. The molecule has 108 valence electrons. The van der Waals surface area contributed by atoms with Gasteiger partial charge in [0, 0.05) is 12.7 Å². The lowest BCUT2D eigenvalue weighted by molar-refractivity contribution is -0.149. The van der Waals surface area contributed by atoms with Crippen LogP contribution in [0.4, 0.5) is 10.5 Å². The second-order valence-corrected chi connectivity index (χ2v) is 4.69. The van der Waals surface area contributed by atoms with E-state index >= 15 is 0 Å². The molecule has 20 heavy (non-hydrogen) atoms. The summed E-state index contributed by atoms with van der Waals surface area (Å²) in [6.07, 6.45) is 3.31. The van der Waals surface area contributed by atoms with Gasteiger partial charge in [0.05, 0.1) is 18.0 Å². The fourth-order valence-electron chi connectivity index (χ4n) is 2.01. The van der Waals surface area contributed by atoms with E-state index in [-0.39, 0.29) is 18.7 Å². The van der Waals surface area contributed by atoms with Gasteiger partial charge in [-0.2, -0.15) is 0 Å². The van der Waals surface area contributed by atoms with Crippen molar-refractivity contribution in [2.75, 3.05) is 11.9 Å². The first kappa shape index (κ1) is 14.3. The summed E-state index contributed by atoms with van der Waals surface area (Å²) in [7, 11) is 0. The summed E-state index contributed by atoms with van der Waals surface area (Å²) in [5.41, 5.74) is 1.55. The van der Waals surface area contributed by atoms with Crippen LogP contribution in [0.15, 0.2) is 18.5 Å². The summed E-state index contributed by atoms with van der Waals surface area (Å²) < 4.78 is 5.29. The number of carbonyl (C=O) groups excluding carboxylic acids is 1. The third kappa shape index (κ3) is 3.67. The number of carboxylic acids is 1. The Bertz CT molecular complexity index is 506. The zero-order chi connectivity index (χ0) is 14.5. The third-order valence-corrected chi connectivity index (χ3v) is 3.16. The Morgan fingerprint density at radius 3 is 2.95 bits per heavy atom. The molecule has 1 saturated heterocycles. The standard InChI is InChI=1S/C13H17N3O4/c1-8-4-5-14-7-10(8)16-13(19)15-6-9-2-3-11(20-9)12(17)18/h4-5,7,9,11H,2-3,6H2,1H3,(H,17,18)(H2,15,16,19). The first-order valence-electron chi connectivity index (χ1n) is 6.40. The Morgan fingerprint density at radius 1 is 1.50 bits per heavy atom. The first-order chi connectivity index (χ1) is 9.56. The van der Waals surface area contributed by atoms with Gasteiger partial charge in [0.15, 0.2) is 6.10 Å². The Hall–Kier alpha value is -2.15. The van der Waals surface area contributed by atoms with E-state index in [4.69, 9.17) is 9.84 Å². The Labute approximate surface area is 116 Å². The largest absolute Gasteiger partial charge is 0.479 e. The highest BCUT2D eigenvalue weighted by Gasteiger charge is 2.30. The minimum Gasteiger partial charge on any atom is -0.479 e. The molecule has 7 heteroatoms. The molecule has 0 aliphatic carbocycles. The van der Waals surface area contributed by atoms with Crippen LogP contribution in [0.5, 0.6) is 0 Å². The second-order valence-electron chi connectivity index (χ2n) is 4.69. The summed E-state index contributed by atoms with van der Waals surface area (Å²) in [4.78, 5) is 26.4. The highest BCUT2D eigenvalue weighted by molar-refractivity contribution is 5.89. The topological polar surface area (TPSA) is 101 Å². The summed E-state index contributed by atoms with van der Waals surface area (Å²) in [6.45, 7) is 2.16. The molecule has 2 heterocycles. The van der Waals surface area contributed by atoms with Crippen molar-refractivity contribution in [1.82, 2.24) is 10.3 Å². The molecule has 2 amide bonds. The Balaban J connectivity index is 1.76. The average Bonchev–Trinajstić information content (AvgIpc) is 2.88. The quantitative estimate of drug-likeness (QED) is 0.767. The minimum absolute atomic E-state index is 0.253. The van der Waals surface area contributed by atoms with Crippen LogP contribution in [0.3, 0.4) is 0 Å². The Kier molecular flexibility index (Phi) is 4.52. The number of anilines is 1. The number of rotatable bonds is 4. The van der Waals surface area contributed by atoms with E-state index in [2.05, 4.69) is 15.6 Å². The number of carboxylic acid groups (broad SMARTS) is 1. The molecule has 0 aromatic carbocycles. The zero-order valence-corrected chi connectivity index (χ0v) is 11.1. The lowest BCUT2D eigenvalue weighted by Crippen LogP contribution is -2.36. The summed E-state index contributed by atoms with van der Waals surface area (Å²) in [6, 6.07) is 1.44. The number of pyridine rings is 1. The molecule has 2 rings (SSSR count). The lowest BCUT2D eigenvalue weighted by Gasteiger charge is -2.13. The summed E-state index contributed by atoms with van der Waals surface area (Å²) in [5.74, 6) is -0.956. The highest BCUT2D eigenvalue weighted by Crippen LogP contribution is 2.19. The number of hydrogen-bond donors (Lipinski definition) is 3. The minimum atomic E-state index is -0.956. The van der Waals surface area contributed by atoms with E-state index in [1.54, 1.807) is 18.5 Å². The normalized spacial score (nSPS) is 21.4. The predicted octanol–water partition coefficient (Wildman–Crippen LogP) is 1.14. The van der Waals surface area contributed by atoms with Crippen LogP contribution in [0.2, 0.25) is 0 Å². The number of aromatic nitrogens is 1. The molecule has 0 bridgehead atoms. The Morgan fingerprint density at radius 2 is 2.30 bits per heavy atom. The van der Waals surface area contributed by atoms with Crippen molar-refractivity contribution < 1.29 is 19.4 Å². The van der Waals surface area contributed by atoms with Crippen LogP contribution in [0.1, 0.15) is 18.4 Å². The molecule has 0 saturated carbocycles. The van der Waals surface area contributed by atoms with Crippen molar-refractivity contribution in [1.29, 1.82) is 0 Å². The number of aliphatic carboxylic acids is 1. The maximum absolute atomic E-state index is 11.7. The molecule has 3 N–H and O–H groups in total. The van der Waals surface area contributed by atoms with Gasteiger partial charge in [0.2, 0.25) is 0 Å². The molecule has 7 nitrogen and oxygen atoms in total. The van der Waals surface area contributed by atoms with Crippen molar-refractivity contribution in [2.24, 2.45) is 0 Å². The number of hydrogen-bond acceptors (Lipinski definition) is 4. The van der Waals surface area contributed by atoms with Gasteiger partial charge in [-0.05, 0) is 31.4 Å². The number of ether oxygens (including phenoxy) is 1. The SMILES string of the molecule is Cc1ccncc1NC(=O)NCC1CCC(C(=O)O)O1. The van der Waals surface area contributed by atoms with Crippen LogP contribution < -0.4 is 10.6 Å². The zero-order valence-electron chi connectivity index (χ0n) is 11.1. The van der Waals surface area contributed by atoms with Crippen molar-refractivity contribution in [3.8, 4) is 0 Å². The molecule has 2 unspecified atom stereocenters. The van der Waals surface area contributed by atoms with Crippen LogP contribution in [-0.4, -0.2) is 40.8 Å². The van der Waals surface area contributed by atoms with Gasteiger partial charge in [0.25, 0.3) is 0 Å². The molecule has 1 aliphatic heterocycles. The van der Waals surface area contributed by atoms with Gasteiger partial charge in [-0.15, -0.1) is 0 Å². The summed E-state index contributed by atoms with van der Waals surface area (Å²) >= 11 is 0. The van der Waals surface area contributed by atoms with Gasteiger partial charge in [0.1, 0.15) is 0 Å². The molecule has 0 spiro atoms. The van der Waals surface area contributed by atoms with E-state index in [0.29, 0.717) is 18.5 Å². The third-order valence-electron chi connectivity index (χ3n) is 3.16. The van der Waals surface area contributed by atoms with Gasteiger partial charge in [-0.1, -0.05) is 0 Å². The van der Waals surface area contributed by atoms with Crippen molar-refractivity contribution in [3.63, 3.8) is 0 Å².